The zero-order chi connectivity index (χ0) is 11.0. The Balaban J connectivity index is 2.92. The van der Waals surface area contributed by atoms with Crippen molar-refractivity contribution in [3.63, 3.8) is 0 Å². The van der Waals surface area contributed by atoms with E-state index in [1.807, 2.05) is 0 Å². The van der Waals surface area contributed by atoms with Crippen molar-refractivity contribution in [3.8, 4) is 5.75 Å². The lowest BCUT2D eigenvalue weighted by Crippen LogP contribution is -2.21. The lowest BCUT2D eigenvalue weighted by atomic mass is 10.3. The number of amides is 1. The number of fused-ring (bicyclic) bond motifs is 1. The molecule has 0 saturated carbocycles. The summed E-state index contributed by atoms with van der Waals surface area (Å²) in [7, 11) is 0. The number of nitrogens with two attached hydrogens (primary N) is 1. The highest BCUT2D eigenvalue weighted by Crippen LogP contribution is 2.13. The van der Waals surface area contributed by atoms with Gasteiger partial charge in [-0.1, -0.05) is 0 Å². The molecule has 6 heteroatoms. The zero-order valence-corrected chi connectivity index (χ0v) is 7.54. The van der Waals surface area contributed by atoms with Crippen molar-refractivity contribution in [2.45, 2.75) is 0 Å². The quantitative estimate of drug-likeness (QED) is 0.655. The highest BCUT2D eigenvalue weighted by atomic mass is 16.3. The van der Waals surface area contributed by atoms with Gasteiger partial charge in [-0.3, -0.25) is 14.0 Å². The minimum Gasteiger partial charge on any atom is -0.504 e. The van der Waals surface area contributed by atoms with Crippen molar-refractivity contribution >= 4 is 11.6 Å². The van der Waals surface area contributed by atoms with E-state index in [0.29, 0.717) is 0 Å². The summed E-state index contributed by atoms with van der Waals surface area (Å²) in [6, 6.07) is 3.89. The van der Waals surface area contributed by atoms with E-state index in [2.05, 4.69) is 4.98 Å². The van der Waals surface area contributed by atoms with Gasteiger partial charge in [-0.05, 0) is 12.1 Å². The normalized spacial score (nSPS) is 10.4. The number of aromatic hydroxyl groups is 1. The van der Waals surface area contributed by atoms with Gasteiger partial charge < -0.3 is 10.8 Å². The van der Waals surface area contributed by atoms with E-state index in [1.165, 1.54) is 18.3 Å². The first-order valence-electron chi connectivity index (χ1n) is 4.11. The smallest absolute Gasteiger partial charge is 0.267 e. The van der Waals surface area contributed by atoms with Gasteiger partial charge in [-0.25, -0.2) is 4.98 Å². The molecule has 0 bridgehead atoms. The number of carbonyl (C=O) groups excluding carboxylic acids is 1. The van der Waals surface area contributed by atoms with Gasteiger partial charge >= 0.3 is 0 Å². The number of hydrogen-bond acceptors (Lipinski definition) is 4. The monoisotopic (exact) mass is 205 g/mol. The second-order valence-corrected chi connectivity index (χ2v) is 2.93. The summed E-state index contributed by atoms with van der Waals surface area (Å²) < 4.78 is 1.13. The van der Waals surface area contributed by atoms with Gasteiger partial charge in [0.2, 0.25) is 0 Å². The maximum Gasteiger partial charge on any atom is 0.267 e. The topological polar surface area (TPSA) is 97.7 Å². The Bertz CT molecular complexity index is 603. The van der Waals surface area contributed by atoms with Crippen molar-refractivity contribution in [3.05, 3.63) is 40.4 Å². The second kappa shape index (κ2) is 3.09. The molecule has 0 aliphatic rings. The fourth-order valence-corrected chi connectivity index (χ4v) is 1.24. The number of nitrogens with zero attached hydrogens (tertiary/aromatic N) is 2. The Morgan fingerprint density at radius 2 is 2.27 bits per heavy atom. The molecule has 1 amide bonds. The largest absolute Gasteiger partial charge is 0.504 e. The summed E-state index contributed by atoms with van der Waals surface area (Å²) in [4.78, 5) is 26.1. The Labute approximate surface area is 83.6 Å². The van der Waals surface area contributed by atoms with Crippen LogP contribution >= 0.6 is 0 Å². The molecule has 2 aromatic heterocycles. The molecular formula is C9H7N3O3. The zero-order valence-electron chi connectivity index (χ0n) is 7.54. The van der Waals surface area contributed by atoms with Gasteiger partial charge in [0.15, 0.2) is 11.4 Å². The third kappa shape index (κ3) is 1.41. The molecule has 0 aliphatic carbocycles. The maximum absolute atomic E-state index is 11.5. The molecule has 2 rings (SSSR count). The molecule has 0 radical (unpaired) electrons. The van der Waals surface area contributed by atoms with Crippen molar-refractivity contribution in [2.75, 3.05) is 0 Å². The number of rotatable bonds is 1. The molecule has 15 heavy (non-hydrogen) atoms. The molecule has 0 fully saturated rings. The lowest BCUT2D eigenvalue weighted by molar-refractivity contribution is 0.0995. The third-order valence-electron chi connectivity index (χ3n) is 1.92. The van der Waals surface area contributed by atoms with E-state index in [1.54, 1.807) is 0 Å². The lowest BCUT2D eigenvalue weighted by Gasteiger charge is -2.02. The first-order valence-corrected chi connectivity index (χ1v) is 4.11. The standard InChI is InChI=1S/C9H7N3O3/c10-8(15)5-4-7(14)12-3-1-2-6(13)9(12)11-5/h1-4,13H,(H2,10,15). The van der Waals surface area contributed by atoms with Crippen LogP contribution in [0.4, 0.5) is 0 Å². The highest BCUT2D eigenvalue weighted by Gasteiger charge is 2.08. The molecular weight excluding hydrogens is 198 g/mol. The second-order valence-electron chi connectivity index (χ2n) is 2.93. The average molecular weight is 205 g/mol. The fourth-order valence-electron chi connectivity index (χ4n) is 1.24. The molecule has 2 aromatic rings. The summed E-state index contributed by atoms with van der Waals surface area (Å²) in [5.41, 5.74) is 4.37. The first kappa shape index (κ1) is 9.20. The highest BCUT2D eigenvalue weighted by molar-refractivity contribution is 5.91. The summed E-state index contributed by atoms with van der Waals surface area (Å²) >= 11 is 0. The molecule has 0 spiro atoms. The molecule has 0 atom stereocenters. The van der Waals surface area contributed by atoms with Gasteiger partial charge in [-0.2, -0.15) is 0 Å². The van der Waals surface area contributed by atoms with Crippen molar-refractivity contribution in [1.29, 1.82) is 0 Å². The predicted octanol–water partition coefficient (Wildman–Crippen LogP) is -0.501. The Morgan fingerprint density at radius 1 is 1.53 bits per heavy atom. The molecule has 2 heterocycles. The molecule has 0 unspecified atom stereocenters. The molecule has 6 nitrogen and oxygen atoms in total. The molecule has 0 aromatic carbocycles. The van der Waals surface area contributed by atoms with Crippen LogP contribution in [-0.2, 0) is 0 Å². The van der Waals surface area contributed by atoms with Crippen LogP contribution in [0.3, 0.4) is 0 Å². The van der Waals surface area contributed by atoms with Crippen LogP contribution in [-0.4, -0.2) is 20.4 Å². The van der Waals surface area contributed by atoms with Gasteiger partial charge in [-0.15, -0.1) is 0 Å². The van der Waals surface area contributed by atoms with E-state index < -0.39 is 11.5 Å². The van der Waals surface area contributed by atoms with E-state index in [0.717, 1.165) is 10.5 Å². The molecule has 0 aliphatic heterocycles. The van der Waals surface area contributed by atoms with Gasteiger partial charge in [0.05, 0.1) is 0 Å². The van der Waals surface area contributed by atoms with E-state index in [9.17, 15) is 14.7 Å². The minimum absolute atomic E-state index is 0.0128. The van der Waals surface area contributed by atoms with Crippen LogP contribution in [0, 0.1) is 0 Å². The van der Waals surface area contributed by atoms with Crippen molar-refractivity contribution in [1.82, 2.24) is 9.38 Å². The van der Waals surface area contributed by atoms with Crippen LogP contribution in [0.5, 0.6) is 5.75 Å². The SMILES string of the molecule is NC(=O)c1cc(=O)n2cccc(O)c2n1. The van der Waals surface area contributed by atoms with Crippen LogP contribution < -0.4 is 11.3 Å². The van der Waals surface area contributed by atoms with E-state index in [-0.39, 0.29) is 17.1 Å². The third-order valence-corrected chi connectivity index (χ3v) is 1.92. The van der Waals surface area contributed by atoms with E-state index in [4.69, 9.17) is 5.73 Å². The summed E-state index contributed by atoms with van der Waals surface area (Å²) in [5.74, 6) is -0.990. The summed E-state index contributed by atoms with van der Waals surface area (Å²) in [6.07, 6.45) is 1.44. The van der Waals surface area contributed by atoms with Gasteiger partial charge in [0, 0.05) is 12.3 Å². The number of hydrogen-bond donors (Lipinski definition) is 2. The maximum atomic E-state index is 11.5. The van der Waals surface area contributed by atoms with Crippen molar-refractivity contribution in [2.24, 2.45) is 5.73 Å². The summed E-state index contributed by atoms with van der Waals surface area (Å²) in [5, 5.41) is 9.43. The first-order chi connectivity index (χ1) is 7.09. The predicted molar refractivity (Wildman–Crippen MR) is 51.6 cm³/mol. The number of carbonyl (C=O) groups is 1. The average Bonchev–Trinajstić information content (AvgIpc) is 2.19. The Morgan fingerprint density at radius 3 is 2.93 bits per heavy atom. The fraction of sp³-hybridized carbons (Fsp3) is 0. The van der Waals surface area contributed by atoms with Crippen LogP contribution in [0.25, 0.3) is 5.65 Å². The number of aromatic nitrogens is 2. The summed E-state index contributed by atoms with van der Waals surface area (Å²) in [6.45, 7) is 0. The molecule has 76 valence electrons. The van der Waals surface area contributed by atoms with Crippen LogP contribution in [0.15, 0.2) is 29.2 Å². The van der Waals surface area contributed by atoms with Crippen LogP contribution in [0.1, 0.15) is 10.5 Å². The van der Waals surface area contributed by atoms with E-state index >= 15 is 0 Å². The Kier molecular flexibility index (Phi) is 1.89. The minimum atomic E-state index is -0.808. The molecule has 0 saturated heterocycles. The van der Waals surface area contributed by atoms with Crippen LogP contribution in [0.2, 0.25) is 0 Å². The van der Waals surface area contributed by atoms with Crippen molar-refractivity contribution < 1.29 is 9.90 Å². The number of pyridine rings is 1. The molecule has 3 N–H and O–H groups in total. The Hall–Kier alpha value is -2.37. The van der Waals surface area contributed by atoms with Gasteiger partial charge in [0.1, 0.15) is 5.69 Å². The van der Waals surface area contributed by atoms with Gasteiger partial charge in [0.25, 0.3) is 11.5 Å². The number of primary amides is 1.